The first-order chi connectivity index (χ1) is 14.7. The Morgan fingerprint density at radius 3 is 2.23 bits per heavy atom. The number of benzene rings is 3. The maximum absolute atomic E-state index is 11.6. The van der Waals surface area contributed by atoms with Crippen LogP contribution in [0.4, 0.5) is 5.69 Å². The number of hydrogen-bond acceptors (Lipinski definition) is 5. The Bertz CT molecular complexity index is 1380. The quantitative estimate of drug-likeness (QED) is 0.353. The van der Waals surface area contributed by atoms with E-state index >= 15 is 0 Å². The van der Waals surface area contributed by atoms with Crippen LogP contribution in [-0.2, 0) is 10.0 Å². The number of non-ortho nitro benzene ring substituents is 1. The maximum atomic E-state index is 11.6. The lowest BCUT2D eigenvalue weighted by atomic mass is 10.1. The van der Waals surface area contributed by atoms with Gasteiger partial charge in [-0.15, -0.1) is 0 Å². The molecule has 0 atom stereocenters. The molecule has 0 saturated heterocycles. The van der Waals surface area contributed by atoms with E-state index in [4.69, 9.17) is 16.7 Å². The number of halogens is 1. The van der Waals surface area contributed by atoms with E-state index in [-0.39, 0.29) is 10.6 Å². The molecule has 8 nitrogen and oxygen atoms in total. The summed E-state index contributed by atoms with van der Waals surface area (Å²) in [4.78, 5) is 10.7. The number of nitrogens with zero attached hydrogens (tertiary/aromatic N) is 3. The fraction of sp³-hybridized carbons (Fsp3) is 0. The van der Waals surface area contributed by atoms with Crippen molar-refractivity contribution >= 4 is 27.3 Å². The van der Waals surface area contributed by atoms with E-state index in [0.29, 0.717) is 27.7 Å². The monoisotopic (exact) mass is 454 g/mol. The molecule has 4 rings (SSSR count). The third-order valence-corrected chi connectivity index (χ3v) is 5.79. The SMILES string of the molecule is NS(=O)(=O)c1ccc(-n2nc(-c3cccc([N+](=O)[O-])c3)cc2-c2ccc(Cl)cc2)cc1. The first-order valence-electron chi connectivity index (χ1n) is 8.96. The molecule has 1 aromatic heterocycles. The largest absolute Gasteiger partial charge is 0.270 e. The van der Waals surface area contributed by atoms with E-state index in [2.05, 4.69) is 5.10 Å². The van der Waals surface area contributed by atoms with Crippen LogP contribution in [0, 0.1) is 10.1 Å². The summed E-state index contributed by atoms with van der Waals surface area (Å²) in [7, 11) is -3.83. The zero-order valence-corrected chi connectivity index (χ0v) is 17.4. The highest BCUT2D eigenvalue weighted by Gasteiger charge is 2.16. The molecule has 4 aromatic rings. The minimum Gasteiger partial charge on any atom is -0.258 e. The van der Waals surface area contributed by atoms with Crippen molar-refractivity contribution in [2.75, 3.05) is 0 Å². The van der Waals surface area contributed by atoms with Crippen LogP contribution in [0.2, 0.25) is 5.02 Å². The molecule has 156 valence electrons. The van der Waals surface area contributed by atoms with Gasteiger partial charge in [0.15, 0.2) is 0 Å². The van der Waals surface area contributed by atoms with Gasteiger partial charge in [0.2, 0.25) is 10.0 Å². The number of hydrogen-bond donors (Lipinski definition) is 1. The number of sulfonamides is 1. The molecule has 3 aromatic carbocycles. The van der Waals surface area contributed by atoms with E-state index in [9.17, 15) is 18.5 Å². The van der Waals surface area contributed by atoms with Crippen LogP contribution in [-0.4, -0.2) is 23.1 Å². The first-order valence-corrected chi connectivity index (χ1v) is 10.9. The number of nitro benzene ring substituents is 1. The van der Waals surface area contributed by atoms with Crippen LogP contribution >= 0.6 is 11.6 Å². The lowest BCUT2D eigenvalue weighted by molar-refractivity contribution is -0.384. The van der Waals surface area contributed by atoms with Crippen molar-refractivity contribution < 1.29 is 13.3 Å². The van der Waals surface area contributed by atoms with Gasteiger partial charge in [0.05, 0.1) is 26.9 Å². The second-order valence-corrected chi connectivity index (χ2v) is 8.68. The van der Waals surface area contributed by atoms with Gasteiger partial charge in [-0.25, -0.2) is 18.2 Å². The van der Waals surface area contributed by atoms with Gasteiger partial charge < -0.3 is 0 Å². The zero-order chi connectivity index (χ0) is 22.2. The molecule has 0 saturated carbocycles. The molecule has 0 amide bonds. The Hall–Kier alpha value is -3.53. The third-order valence-electron chi connectivity index (χ3n) is 4.61. The van der Waals surface area contributed by atoms with Crippen LogP contribution in [0.5, 0.6) is 0 Å². The fourth-order valence-corrected chi connectivity index (χ4v) is 3.74. The summed E-state index contributed by atoms with van der Waals surface area (Å²) in [5.74, 6) is 0. The summed E-state index contributed by atoms with van der Waals surface area (Å²) in [5.41, 5.74) is 3.14. The Balaban J connectivity index is 1.88. The van der Waals surface area contributed by atoms with Crippen molar-refractivity contribution in [3.63, 3.8) is 0 Å². The Morgan fingerprint density at radius 1 is 0.935 bits per heavy atom. The van der Waals surface area contributed by atoms with Crippen molar-refractivity contribution in [2.24, 2.45) is 5.14 Å². The highest BCUT2D eigenvalue weighted by molar-refractivity contribution is 7.89. The number of primary sulfonamides is 1. The highest BCUT2D eigenvalue weighted by atomic mass is 35.5. The molecule has 1 heterocycles. The van der Waals surface area contributed by atoms with Crippen molar-refractivity contribution in [1.29, 1.82) is 0 Å². The predicted molar refractivity (Wildman–Crippen MR) is 117 cm³/mol. The average Bonchev–Trinajstić information content (AvgIpc) is 3.19. The van der Waals surface area contributed by atoms with Crippen molar-refractivity contribution in [2.45, 2.75) is 4.90 Å². The summed E-state index contributed by atoms with van der Waals surface area (Å²) in [5, 5.41) is 21.5. The molecule has 10 heteroatoms. The van der Waals surface area contributed by atoms with E-state index in [1.165, 1.54) is 24.3 Å². The standard InChI is InChI=1S/C21H15ClN4O4S/c22-16-6-4-14(5-7-16)21-13-20(15-2-1-3-18(12-15)26(27)28)24-25(21)17-8-10-19(11-9-17)31(23,29)30/h1-13H,(H2,23,29,30). The molecular weight excluding hydrogens is 440 g/mol. The average molecular weight is 455 g/mol. The van der Waals surface area contributed by atoms with Crippen LogP contribution in [0.3, 0.4) is 0 Å². The van der Waals surface area contributed by atoms with Crippen LogP contribution in [0.1, 0.15) is 0 Å². The number of aromatic nitrogens is 2. The van der Waals surface area contributed by atoms with E-state index in [1.807, 2.05) is 12.1 Å². The second kappa shape index (κ2) is 7.95. The van der Waals surface area contributed by atoms with E-state index < -0.39 is 14.9 Å². The van der Waals surface area contributed by atoms with Gasteiger partial charge in [-0.2, -0.15) is 5.10 Å². The van der Waals surface area contributed by atoms with Crippen LogP contribution < -0.4 is 5.14 Å². The van der Waals surface area contributed by atoms with Gasteiger partial charge in [0.25, 0.3) is 5.69 Å². The summed E-state index contributed by atoms with van der Waals surface area (Å²) in [6.07, 6.45) is 0. The molecule has 0 bridgehead atoms. The molecule has 2 N–H and O–H groups in total. The molecule has 0 aliphatic carbocycles. The summed E-state index contributed by atoms with van der Waals surface area (Å²) < 4.78 is 24.8. The zero-order valence-electron chi connectivity index (χ0n) is 15.8. The van der Waals surface area contributed by atoms with Crippen LogP contribution in [0.15, 0.2) is 83.8 Å². The lowest BCUT2D eigenvalue weighted by Crippen LogP contribution is -2.12. The molecule has 0 unspecified atom stereocenters. The Labute approximate surface area is 182 Å². The smallest absolute Gasteiger partial charge is 0.258 e. The van der Waals surface area contributed by atoms with Gasteiger partial charge in [-0.3, -0.25) is 10.1 Å². The normalized spacial score (nSPS) is 11.4. The second-order valence-electron chi connectivity index (χ2n) is 6.68. The fourth-order valence-electron chi connectivity index (χ4n) is 3.10. The molecule has 0 spiro atoms. The summed E-state index contributed by atoms with van der Waals surface area (Å²) in [6.45, 7) is 0. The number of nitrogens with two attached hydrogens (primary N) is 1. The lowest BCUT2D eigenvalue weighted by Gasteiger charge is -2.08. The van der Waals surface area contributed by atoms with Gasteiger partial charge in [0.1, 0.15) is 0 Å². The molecule has 31 heavy (non-hydrogen) atoms. The topological polar surface area (TPSA) is 121 Å². The summed E-state index contributed by atoms with van der Waals surface area (Å²) in [6, 6.07) is 21.1. The van der Waals surface area contributed by atoms with Gasteiger partial charge in [-0.1, -0.05) is 35.9 Å². The van der Waals surface area contributed by atoms with Crippen LogP contribution in [0.25, 0.3) is 28.2 Å². The minimum atomic E-state index is -3.83. The number of rotatable bonds is 5. The minimum absolute atomic E-state index is 0.0182. The maximum Gasteiger partial charge on any atom is 0.270 e. The molecule has 0 aliphatic heterocycles. The first kappa shape index (κ1) is 20.7. The summed E-state index contributed by atoms with van der Waals surface area (Å²) >= 11 is 6.01. The van der Waals surface area contributed by atoms with Crippen molar-refractivity contribution in [3.05, 3.63) is 94.0 Å². The van der Waals surface area contributed by atoms with Crippen molar-refractivity contribution in [3.8, 4) is 28.2 Å². The number of nitro groups is 1. The highest BCUT2D eigenvalue weighted by Crippen LogP contribution is 2.31. The van der Waals surface area contributed by atoms with Gasteiger partial charge >= 0.3 is 0 Å². The third kappa shape index (κ3) is 4.33. The Kier molecular flexibility index (Phi) is 5.32. The van der Waals surface area contributed by atoms with E-state index in [0.717, 1.165) is 5.56 Å². The Morgan fingerprint density at radius 2 is 1.61 bits per heavy atom. The molecular formula is C21H15ClN4O4S. The predicted octanol–water partition coefficient (Wildman–Crippen LogP) is 4.42. The molecule has 0 aliphatic rings. The van der Waals surface area contributed by atoms with Crippen molar-refractivity contribution in [1.82, 2.24) is 9.78 Å². The molecule has 0 fully saturated rings. The van der Waals surface area contributed by atoms with E-state index in [1.54, 1.807) is 47.1 Å². The van der Waals surface area contributed by atoms with Gasteiger partial charge in [0, 0.05) is 28.3 Å². The van der Waals surface area contributed by atoms with Gasteiger partial charge in [-0.05, 0) is 42.5 Å². The molecule has 0 radical (unpaired) electrons.